The minimum Gasteiger partial charge on any atom is -0.336 e. The van der Waals surface area contributed by atoms with Crippen molar-refractivity contribution in [3.63, 3.8) is 0 Å². The van der Waals surface area contributed by atoms with Crippen molar-refractivity contribution in [3.8, 4) is 0 Å². The predicted octanol–water partition coefficient (Wildman–Crippen LogP) is 4.31. The number of rotatable bonds is 3. The molecule has 0 aromatic heterocycles. The van der Waals surface area contributed by atoms with Gasteiger partial charge in [0.1, 0.15) is 6.61 Å². The molecule has 1 heterocycles. The van der Waals surface area contributed by atoms with Gasteiger partial charge >= 0.3 is 0 Å². The van der Waals surface area contributed by atoms with Crippen LogP contribution >= 0.6 is 58.0 Å². The second-order valence-corrected chi connectivity index (χ2v) is 7.81. The van der Waals surface area contributed by atoms with E-state index in [4.69, 9.17) is 67.5 Å². The molecular weight excluding hydrogens is 343 g/mol. The van der Waals surface area contributed by atoms with Gasteiger partial charge in [0.15, 0.2) is 0 Å². The summed E-state index contributed by atoms with van der Waals surface area (Å²) in [7, 11) is 0. The molecule has 0 aromatic carbocycles. The van der Waals surface area contributed by atoms with E-state index in [2.05, 4.69) is 0 Å². The van der Waals surface area contributed by atoms with Gasteiger partial charge < -0.3 is 9.47 Å². The normalized spacial score (nSPS) is 31.3. The second kappa shape index (κ2) is 5.61. The molecule has 0 saturated carbocycles. The van der Waals surface area contributed by atoms with E-state index in [-0.39, 0.29) is 18.7 Å². The maximum Gasteiger partial charge on any atom is 0.279 e. The molecule has 1 rings (SSSR count). The molecule has 0 bridgehead atoms. The number of hydrogen-bond acceptors (Lipinski definition) is 3. The van der Waals surface area contributed by atoms with Crippen molar-refractivity contribution in [1.29, 1.82) is 0 Å². The third kappa shape index (κ3) is 3.32. The van der Waals surface area contributed by atoms with Crippen molar-refractivity contribution in [1.82, 2.24) is 4.90 Å². The van der Waals surface area contributed by atoms with E-state index >= 15 is 0 Å². The number of ether oxygens (including phenoxy) is 2. The average Bonchev–Trinajstić information content (AvgIpc) is 2.10. The zero-order valence-electron chi connectivity index (χ0n) is 10.5. The van der Waals surface area contributed by atoms with E-state index in [1.54, 1.807) is 0 Å². The smallest absolute Gasteiger partial charge is 0.279 e. The van der Waals surface area contributed by atoms with Gasteiger partial charge in [0.25, 0.3) is 9.04 Å². The summed E-state index contributed by atoms with van der Waals surface area (Å²) >= 11 is 30.0. The lowest BCUT2D eigenvalue weighted by Gasteiger charge is -2.51. The number of nitrogens with zero attached hydrogens (tertiary/aromatic N) is 1. The summed E-state index contributed by atoms with van der Waals surface area (Å²) in [6, 6.07) is 0.182. The zero-order valence-corrected chi connectivity index (χ0v) is 14.3. The summed E-state index contributed by atoms with van der Waals surface area (Å²) in [5.41, 5.74) is 0. The van der Waals surface area contributed by atoms with E-state index in [1.165, 1.54) is 0 Å². The maximum atomic E-state index is 6.44. The van der Waals surface area contributed by atoms with Crippen LogP contribution in [0.5, 0.6) is 0 Å². The van der Waals surface area contributed by atoms with E-state index in [9.17, 15) is 0 Å². The highest BCUT2D eigenvalue weighted by Gasteiger charge is 2.61. The lowest BCUT2D eigenvalue weighted by Crippen LogP contribution is -2.64. The topological polar surface area (TPSA) is 21.7 Å². The highest BCUT2D eigenvalue weighted by molar-refractivity contribution is 6.61. The molecule has 1 unspecified atom stereocenters. The van der Waals surface area contributed by atoms with Crippen molar-refractivity contribution in [2.45, 2.75) is 54.0 Å². The van der Waals surface area contributed by atoms with Gasteiger partial charge in [0, 0.05) is 12.1 Å². The van der Waals surface area contributed by atoms with Gasteiger partial charge in [-0.3, -0.25) is 4.90 Å². The van der Waals surface area contributed by atoms with Gasteiger partial charge in [-0.2, -0.15) is 0 Å². The second-order valence-electron chi connectivity index (χ2n) is 4.71. The molecule has 108 valence electrons. The lowest BCUT2D eigenvalue weighted by atomic mass is 10.2. The van der Waals surface area contributed by atoms with Crippen molar-refractivity contribution in [2.24, 2.45) is 0 Å². The Bertz CT molecular complexity index is 303. The monoisotopic (exact) mass is 357 g/mol. The molecule has 1 aliphatic rings. The molecule has 18 heavy (non-hydrogen) atoms. The van der Waals surface area contributed by atoms with Crippen LogP contribution in [-0.2, 0) is 9.47 Å². The quantitative estimate of drug-likeness (QED) is 0.554. The fraction of sp³-hybridized carbons (Fsp3) is 1.00. The molecule has 1 fully saturated rings. The molecule has 0 spiro atoms. The minimum atomic E-state index is -1.96. The summed E-state index contributed by atoms with van der Waals surface area (Å²) in [4.78, 5) is 1.87. The Hall–Kier alpha value is 1.33. The molecule has 0 aliphatic carbocycles. The van der Waals surface area contributed by atoms with Crippen LogP contribution in [0.25, 0.3) is 0 Å². The van der Waals surface area contributed by atoms with Crippen LogP contribution in [0.3, 0.4) is 0 Å². The predicted molar refractivity (Wildman–Crippen MR) is 76.6 cm³/mol. The minimum absolute atomic E-state index is 0.0564. The Kier molecular flexibility index (Phi) is 5.42. The highest BCUT2D eigenvalue weighted by atomic mass is 35.5. The summed E-state index contributed by atoms with van der Waals surface area (Å²) in [6.45, 7) is 7.84. The first-order chi connectivity index (χ1) is 7.93. The van der Waals surface area contributed by atoms with E-state index in [0.29, 0.717) is 0 Å². The number of hydrogen-bond donors (Lipinski definition) is 0. The molecule has 0 aromatic rings. The zero-order chi connectivity index (χ0) is 14.4. The van der Waals surface area contributed by atoms with Gasteiger partial charge in [0.2, 0.25) is 5.18 Å². The Morgan fingerprint density at radius 3 is 1.67 bits per heavy atom. The summed E-state index contributed by atoms with van der Waals surface area (Å²) < 4.78 is 6.91. The highest BCUT2D eigenvalue weighted by Crippen LogP contribution is 2.52. The largest absolute Gasteiger partial charge is 0.336 e. The van der Waals surface area contributed by atoms with Crippen LogP contribution in [0.2, 0.25) is 0 Å². The molecular formula is C10H16Cl5NO2. The van der Waals surface area contributed by atoms with Gasteiger partial charge in [-0.1, -0.05) is 58.0 Å². The van der Waals surface area contributed by atoms with E-state index in [0.717, 1.165) is 0 Å². The Balaban J connectivity index is 3.02. The first-order valence-electron chi connectivity index (χ1n) is 5.50. The third-order valence-electron chi connectivity index (χ3n) is 2.55. The standard InChI is InChI=1S/C10H16Cl5NO2/c1-6(2)16(7(3)4)8(11)5-17-9(12,13)10(14,15)18-8/h6-7H,5H2,1-4H3. The molecule has 1 aliphatic heterocycles. The van der Waals surface area contributed by atoms with Gasteiger partial charge in [0.05, 0.1) is 0 Å². The molecule has 1 saturated heterocycles. The first kappa shape index (κ1) is 17.4. The van der Waals surface area contributed by atoms with Gasteiger partial charge in [-0.25, -0.2) is 0 Å². The third-order valence-corrected chi connectivity index (χ3v) is 4.76. The molecule has 0 amide bonds. The fourth-order valence-corrected chi connectivity index (χ4v) is 3.23. The van der Waals surface area contributed by atoms with Crippen LogP contribution < -0.4 is 0 Å². The molecule has 0 radical (unpaired) electrons. The van der Waals surface area contributed by atoms with Crippen LogP contribution in [0.1, 0.15) is 27.7 Å². The summed E-state index contributed by atoms with van der Waals surface area (Å²) in [5.74, 6) is 0. The Morgan fingerprint density at radius 1 is 0.889 bits per heavy atom. The van der Waals surface area contributed by atoms with Crippen molar-refractivity contribution in [3.05, 3.63) is 0 Å². The lowest BCUT2D eigenvalue weighted by molar-refractivity contribution is -0.244. The number of halogens is 5. The molecule has 3 nitrogen and oxygen atoms in total. The molecule has 8 heteroatoms. The first-order valence-corrected chi connectivity index (χ1v) is 7.39. The molecule has 0 N–H and O–H groups in total. The van der Waals surface area contributed by atoms with E-state index in [1.807, 2.05) is 32.6 Å². The molecule has 1 atom stereocenters. The van der Waals surface area contributed by atoms with Crippen molar-refractivity contribution >= 4 is 58.0 Å². The van der Waals surface area contributed by atoms with Crippen LogP contribution in [-0.4, -0.2) is 37.8 Å². The Morgan fingerprint density at radius 2 is 1.33 bits per heavy atom. The van der Waals surface area contributed by atoms with E-state index < -0.39 is 14.2 Å². The summed E-state index contributed by atoms with van der Waals surface area (Å²) in [5, 5.41) is -1.32. The van der Waals surface area contributed by atoms with Crippen LogP contribution in [0.4, 0.5) is 0 Å². The fourth-order valence-electron chi connectivity index (χ4n) is 2.04. The van der Waals surface area contributed by atoms with Gasteiger partial charge in [-0.15, -0.1) is 0 Å². The maximum absolute atomic E-state index is 6.44. The SMILES string of the molecule is CC(C)N(C(C)C)C1(Cl)COC(Cl)(Cl)C(Cl)(Cl)O1. The van der Waals surface area contributed by atoms with Crippen LogP contribution in [0, 0.1) is 0 Å². The van der Waals surface area contributed by atoms with Crippen molar-refractivity contribution in [2.75, 3.05) is 6.61 Å². The van der Waals surface area contributed by atoms with Crippen molar-refractivity contribution < 1.29 is 9.47 Å². The summed E-state index contributed by atoms with van der Waals surface area (Å²) in [6.07, 6.45) is 0. The van der Waals surface area contributed by atoms with Gasteiger partial charge in [-0.05, 0) is 27.7 Å². The average molecular weight is 360 g/mol. The Labute approximate surface area is 133 Å². The van der Waals surface area contributed by atoms with Crippen LogP contribution in [0.15, 0.2) is 0 Å². The number of alkyl halides is 5.